The van der Waals surface area contributed by atoms with Gasteiger partial charge in [-0.25, -0.2) is 0 Å². The Morgan fingerprint density at radius 2 is 1.71 bits per heavy atom. The number of phenols is 1. The molecule has 2 rings (SSSR count). The Labute approximate surface area is 106 Å². The summed E-state index contributed by atoms with van der Waals surface area (Å²) in [5.74, 6) is 0.184. The van der Waals surface area contributed by atoms with Gasteiger partial charge in [0.15, 0.2) is 0 Å². The van der Waals surface area contributed by atoms with Crippen LogP contribution in [0.1, 0.15) is 5.56 Å². The molecule has 86 valence electrons. The molecule has 2 N–H and O–H groups in total. The molecule has 4 heteroatoms. The molecule has 0 heterocycles. The van der Waals surface area contributed by atoms with Gasteiger partial charge in [-0.2, -0.15) is 0 Å². The van der Waals surface area contributed by atoms with Crippen molar-refractivity contribution in [1.82, 2.24) is 0 Å². The maximum atomic E-state index is 10.2. The minimum atomic E-state index is -0.728. The molecule has 0 unspecified atom stereocenters. The number of halogens is 1. The molecule has 0 bridgehead atoms. The van der Waals surface area contributed by atoms with E-state index in [1.165, 1.54) is 0 Å². The molecule has 0 atom stereocenters. The first-order valence-corrected chi connectivity index (χ1v) is 5.69. The first-order chi connectivity index (χ1) is 8.08. The highest BCUT2D eigenvalue weighted by atomic mass is 35.5. The first kappa shape index (κ1) is 12.0. The van der Waals surface area contributed by atoms with E-state index in [1.54, 1.807) is 36.4 Å². The second kappa shape index (κ2) is 4.82. The Hall–Kier alpha value is -1.45. The van der Waals surface area contributed by atoms with Crippen molar-refractivity contribution >= 4 is 29.4 Å². The molecule has 17 heavy (non-hydrogen) atoms. The van der Waals surface area contributed by atoms with Gasteiger partial charge in [-0.15, -0.1) is 0 Å². The molecule has 2 nitrogen and oxygen atoms in total. The zero-order chi connectivity index (χ0) is 12.4. The summed E-state index contributed by atoms with van der Waals surface area (Å²) in [5, 5.41) is 20.1. The number of aryl methyl sites for hydroxylation is 1. The normalized spacial score (nSPS) is 10.3. The van der Waals surface area contributed by atoms with E-state index < -0.39 is 6.92 Å². The van der Waals surface area contributed by atoms with Gasteiger partial charge in [-0.1, -0.05) is 35.4 Å². The van der Waals surface area contributed by atoms with Crippen LogP contribution < -0.4 is 10.9 Å². The van der Waals surface area contributed by atoms with Crippen LogP contribution in [0.3, 0.4) is 0 Å². The third-order valence-electron chi connectivity index (χ3n) is 2.74. The van der Waals surface area contributed by atoms with Crippen LogP contribution in [0.15, 0.2) is 42.5 Å². The molecule has 0 saturated carbocycles. The number of benzene rings is 2. The van der Waals surface area contributed by atoms with Gasteiger partial charge >= 0.3 is 6.92 Å². The van der Waals surface area contributed by atoms with Gasteiger partial charge in [0.1, 0.15) is 5.75 Å². The van der Waals surface area contributed by atoms with Crippen molar-refractivity contribution in [1.29, 1.82) is 0 Å². The highest BCUT2D eigenvalue weighted by molar-refractivity contribution is 6.79. The molecule has 0 amide bonds. The number of hydrogen-bond donors (Lipinski definition) is 2. The fourth-order valence-electron chi connectivity index (χ4n) is 1.74. The van der Waals surface area contributed by atoms with Crippen LogP contribution in [0, 0.1) is 6.92 Å². The van der Waals surface area contributed by atoms with Gasteiger partial charge in [0, 0.05) is 5.02 Å². The largest absolute Gasteiger partial charge is 0.508 e. The lowest BCUT2D eigenvalue weighted by Gasteiger charge is -2.11. The summed E-state index contributed by atoms with van der Waals surface area (Å²) in [6.07, 6.45) is 0. The molecular weight excluding hydrogens is 234 g/mol. The van der Waals surface area contributed by atoms with Crippen molar-refractivity contribution < 1.29 is 10.1 Å². The lowest BCUT2D eigenvalue weighted by atomic mass is 9.55. The molecule has 0 fully saturated rings. The quantitative estimate of drug-likeness (QED) is 0.788. The van der Waals surface area contributed by atoms with Crippen LogP contribution in [0.2, 0.25) is 5.02 Å². The maximum Gasteiger partial charge on any atom is 0.359 e. The van der Waals surface area contributed by atoms with Gasteiger partial charge in [0.05, 0.1) is 0 Å². The molecule has 0 spiro atoms. The summed E-state index contributed by atoms with van der Waals surface area (Å²) >= 11 is 5.92. The summed E-state index contributed by atoms with van der Waals surface area (Å²) in [5.41, 5.74) is 2.49. The van der Waals surface area contributed by atoms with E-state index in [1.807, 2.05) is 13.0 Å². The van der Waals surface area contributed by atoms with E-state index in [-0.39, 0.29) is 5.75 Å². The molecule has 0 radical (unpaired) electrons. The first-order valence-electron chi connectivity index (χ1n) is 5.31. The fraction of sp³-hybridized carbons (Fsp3) is 0.0769. The number of rotatable bonds is 2. The zero-order valence-corrected chi connectivity index (χ0v) is 10.1. The standard InChI is InChI=1S/C13H12BClO2/c1-9-2-5-11(15)8-13(9)14(17)10-3-6-12(16)7-4-10/h2-8,16-17H,1H3. The lowest BCUT2D eigenvalue weighted by Crippen LogP contribution is -2.43. The monoisotopic (exact) mass is 246 g/mol. The van der Waals surface area contributed by atoms with Gasteiger partial charge in [-0.05, 0) is 42.1 Å². The van der Waals surface area contributed by atoms with E-state index >= 15 is 0 Å². The molecule has 0 aliphatic carbocycles. The third kappa shape index (κ3) is 2.63. The fourth-order valence-corrected chi connectivity index (χ4v) is 1.92. The highest BCUT2D eigenvalue weighted by Crippen LogP contribution is 2.09. The maximum absolute atomic E-state index is 10.2. The van der Waals surface area contributed by atoms with Crippen LogP contribution in [0.4, 0.5) is 0 Å². The van der Waals surface area contributed by atoms with Crippen LogP contribution in [0.5, 0.6) is 5.75 Å². The van der Waals surface area contributed by atoms with Gasteiger partial charge < -0.3 is 10.1 Å². The molecular formula is C13H12BClO2. The van der Waals surface area contributed by atoms with Crippen LogP contribution in [-0.4, -0.2) is 17.0 Å². The van der Waals surface area contributed by atoms with Crippen LogP contribution in [0.25, 0.3) is 0 Å². The van der Waals surface area contributed by atoms with E-state index in [2.05, 4.69) is 0 Å². The Balaban J connectivity index is 2.39. The van der Waals surface area contributed by atoms with E-state index in [0.717, 1.165) is 16.5 Å². The molecule has 2 aromatic rings. The predicted octanol–water partition coefficient (Wildman–Crippen LogP) is 1.45. The molecule has 2 aromatic carbocycles. The molecule has 0 aromatic heterocycles. The zero-order valence-electron chi connectivity index (χ0n) is 9.39. The Morgan fingerprint density at radius 3 is 2.35 bits per heavy atom. The average molecular weight is 247 g/mol. The second-order valence-electron chi connectivity index (χ2n) is 3.99. The van der Waals surface area contributed by atoms with Crippen molar-refractivity contribution in [3.05, 3.63) is 53.1 Å². The van der Waals surface area contributed by atoms with Crippen molar-refractivity contribution in [2.24, 2.45) is 0 Å². The smallest absolute Gasteiger partial charge is 0.359 e. The molecule has 0 aliphatic heterocycles. The SMILES string of the molecule is Cc1ccc(Cl)cc1B(O)c1ccc(O)cc1. The van der Waals surface area contributed by atoms with Crippen molar-refractivity contribution in [3.63, 3.8) is 0 Å². The van der Waals surface area contributed by atoms with E-state index in [0.29, 0.717) is 5.02 Å². The summed E-state index contributed by atoms with van der Waals surface area (Å²) in [6, 6.07) is 11.9. The van der Waals surface area contributed by atoms with Gasteiger partial charge in [0.25, 0.3) is 0 Å². The molecule has 0 aliphatic rings. The van der Waals surface area contributed by atoms with Crippen molar-refractivity contribution in [2.75, 3.05) is 0 Å². The van der Waals surface area contributed by atoms with Crippen molar-refractivity contribution in [3.8, 4) is 5.75 Å². The third-order valence-corrected chi connectivity index (χ3v) is 2.98. The predicted molar refractivity (Wildman–Crippen MR) is 71.5 cm³/mol. The summed E-state index contributed by atoms with van der Waals surface area (Å²) < 4.78 is 0. The minimum Gasteiger partial charge on any atom is -0.508 e. The average Bonchev–Trinajstić information content (AvgIpc) is 2.32. The summed E-state index contributed by atoms with van der Waals surface area (Å²) in [4.78, 5) is 0. The van der Waals surface area contributed by atoms with Crippen LogP contribution >= 0.6 is 11.6 Å². The van der Waals surface area contributed by atoms with E-state index in [4.69, 9.17) is 11.6 Å². The van der Waals surface area contributed by atoms with E-state index in [9.17, 15) is 10.1 Å². The number of phenolic OH excluding ortho intramolecular Hbond substituents is 1. The number of aromatic hydroxyl groups is 1. The minimum absolute atomic E-state index is 0.184. The summed E-state index contributed by atoms with van der Waals surface area (Å²) in [7, 11) is 0. The molecule has 0 saturated heterocycles. The summed E-state index contributed by atoms with van der Waals surface area (Å²) in [6.45, 7) is 1.20. The Bertz CT molecular complexity index is 525. The van der Waals surface area contributed by atoms with Gasteiger partial charge in [0.2, 0.25) is 0 Å². The van der Waals surface area contributed by atoms with Crippen LogP contribution in [-0.2, 0) is 0 Å². The van der Waals surface area contributed by atoms with Crippen molar-refractivity contribution in [2.45, 2.75) is 6.92 Å². The van der Waals surface area contributed by atoms with Gasteiger partial charge in [-0.3, -0.25) is 0 Å². The lowest BCUT2D eigenvalue weighted by molar-refractivity contribution is 0.475. The topological polar surface area (TPSA) is 40.5 Å². The Kier molecular flexibility index (Phi) is 3.41. The Morgan fingerprint density at radius 1 is 1.06 bits per heavy atom. The highest BCUT2D eigenvalue weighted by Gasteiger charge is 2.19. The second-order valence-corrected chi connectivity index (χ2v) is 4.43. The number of hydrogen-bond acceptors (Lipinski definition) is 2.